The van der Waals surface area contributed by atoms with Gasteiger partial charge in [0.25, 0.3) is 5.91 Å². The van der Waals surface area contributed by atoms with Crippen LogP contribution in [0, 0.1) is 13.8 Å². The third-order valence-electron chi connectivity index (χ3n) is 2.31. The maximum absolute atomic E-state index is 11.9. The van der Waals surface area contributed by atoms with Crippen LogP contribution in [0.1, 0.15) is 31.4 Å². The Morgan fingerprint density at radius 1 is 1.39 bits per heavy atom. The molecule has 0 atom stereocenters. The molecule has 94 valence electrons. The molecule has 0 fully saturated rings. The van der Waals surface area contributed by atoms with Gasteiger partial charge in [0.2, 0.25) is 0 Å². The molecule has 0 saturated heterocycles. The van der Waals surface area contributed by atoms with Crippen LogP contribution in [0.15, 0.2) is 16.8 Å². The Balaban J connectivity index is 2.27. The molecule has 2 aromatic rings. The van der Waals surface area contributed by atoms with Crippen molar-refractivity contribution in [1.29, 1.82) is 0 Å². The number of aryl methyl sites for hydroxylation is 2. The molecule has 2 heterocycles. The van der Waals surface area contributed by atoms with Crippen molar-refractivity contribution in [3.8, 4) is 0 Å². The van der Waals surface area contributed by atoms with Gasteiger partial charge in [-0.1, -0.05) is 5.16 Å². The van der Waals surface area contributed by atoms with Crippen LogP contribution in [0.5, 0.6) is 0 Å². The topological polar surface area (TPSA) is 92.4 Å². The molecular formula is C11H10N2O4S. The lowest BCUT2D eigenvalue weighted by Gasteiger charge is -2.02. The minimum absolute atomic E-state index is 0.0833. The molecule has 0 unspecified atom stereocenters. The van der Waals surface area contributed by atoms with E-state index in [2.05, 4.69) is 10.5 Å². The Morgan fingerprint density at radius 2 is 2.11 bits per heavy atom. The number of carbonyl (C=O) groups excluding carboxylic acids is 1. The van der Waals surface area contributed by atoms with Crippen molar-refractivity contribution in [2.24, 2.45) is 0 Å². The maximum Gasteiger partial charge on any atom is 0.338 e. The number of aromatic carboxylic acids is 1. The maximum atomic E-state index is 11.9. The molecule has 0 aliphatic carbocycles. The average molecular weight is 266 g/mol. The Morgan fingerprint density at radius 3 is 2.67 bits per heavy atom. The monoisotopic (exact) mass is 266 g/mol. The number of hydrogen-bond acceptors (Lipinski definition) is 5. The van der Waals surface area contributed by atoms with Gasteiger partial charge in [-0.2, -0.15) is 0 Å². The second kappa shape index (κ2) is 4.61. The molecule has 0 aliphatic heterocycles. The van der Waals surface area contributed by atoms with E-state index in [1.54, 1.807) is 13.8 Å². The lowest BCUT2D eigenvalue weighted by Crippen LogP contribution is -2.13. The number of nitrogens with one attached hydrogen (secondary N) is 1. The van der Waals surface area contributed by atoms with Crippen LogP contribution in [-0.4, -0.2) is 22.1 Å². The molecule has 0 spiro atoms. The molecular weight excluding hydrogens is 256 g/mol. The van der Waals surface area contributed by atoms with Gasteiger partial charge in [-0.15, -0.1) is 11.3 Å². The number of rotatable bonds is 3. The first-order valence-electron chi connectivity index (χ1n) is 5.05. The van der Waals surface area contributed by atoms with Gasteiger partial charge in [0.05, 0.1) is 11.8 Å². The van der Waals surface area contributed by atoms with Gasteiger partial charge >= 0.3 is 5.97 Å². The minimum Gasteiger partial charge on any atom is -0.478 e. The van der Waals surface area contributed by atoms with Crippen molar-refractivity contribution in [2.75, 3.05) is 5.32 Å². The van der Waals surface area contributed by atoms with Crippen LogP contribution in [-0.2, 0) is 0 Å². The fourth-order valence-electron chi connectivity index (χ4n) is 1.45. The van der Waals surface area contributed by atoms with Gasteiger partial charge in [-0.05, 0) is 19.9 Å². The van der Waals surface area contributed by atoms with E-state index in [0.29, 0.717) is 10.8 Å². The van der Waals surface area contributed by atoms with Crippen molar-refractivity contribution in [3.63, 3.8) is 0 Å². The summed E-state index contributed by atoms with van der Waals surface area (Å²) in [6.45, 7) is 3.39. The van der Waals surface area contributed by atoms with Crippen molar-refractivity contribution in [1.82, 2.24) is 5.16 Å². The molecule has 0 aromatic carbocycles. The zero-order valence-corrected chi connectivity index (χ0v) is 10.5. The molecule has 1 amide bonds. The Labute approximate surface area is 106 Å². The summed E-state index contributed by atoms with van der Waals surface area (Å²) in [5, 5.41) is 15.4. The van der Waals surface area contributed by atoms with E-state index in [1.807, 2.05) is 0 Å². The number of hydrogen-bond donors (Lipinski definition) is 2. The standard InChI is InChI=1S/C11H10N2O4S/c1-5-3-7(11(15)16)10(18-5)13-9(14)8-4-12-17-6(8)2/h3-4H,1-2H3,(H,13,14)(H,15,16). The van der Waals surface area contributed by atoms with Crippen molar-refractivity contribution >= 4 is 28.2 Å². The fraction of sp³-hybridized carbons (Fsp3) is 0.182. The number of carbonyl (C=O) groups is 2. The highest BCUT2D eigenvalue weighted by atomic mass is 32.1. The molecule has 7 heteroatoms. The molecule has 2 aromatic heterocycles. The Hall–Kier alpha value is -2.15. The molecule has 6 nitrogen and oxygen atoms in total. The van der Waals surface area contributed by atoms with Crippen molar-refractivity contribution in [2.45, 2.75) is 13.8 Å². The molecule has 0 radical (unpaired) electrons. The smallest absolute Gasteiger partial charge is 0.338 e. The molecule has 2 rings (SSSR count). The number of carboxylic acid groups (broad SMARTS) is 1. The SMILES string of the molecule is Cc1cc(C(=O)O)c(NC(=O)c2cnoc2C)s1. The molecule has 0 saturated carbocycles. The molecule has 0 bridgehead atoms. The lowest BCUT2D eigenvalue weighted by molar-refractivity contribution is 0.0698. The van der Waals surface area contributed by atoms with Crippen molar-refractivity contribution in [3.05, 3.63) is 34.0 Å². The number of amides is 1. The van der Waals surface area contributed by atoms with Gasteiger partial charge in [0.15, 0.2) is 0 Å². The summed E-state index contributed by atoms with van der Waals surface area (Å²) in [5.74, 6) is -1.12. The first-order chi connectivity index (χ1) is 8.49. The zero-order valence-electron chi connectivity index (χ0n) is 9.68. The summed E-state index contributed by atoms with van der Waals surface area (Å²) in [4.78, 5) is 23.7. The zero-order chi connectivity index (χ0) is 13.3. The quantitative estimate of drug-likeness (QED) is 0.889. The van der Waals surface area contributed by atoms with Gasteiger partial charge in [-0.3, -0.25) is 4.79 Å². The summed E-state index contributed by atoms with van der Waals surface area (Å²) < 4.78 is 4.78. The summed E-state index contributed by atoms with van der Waals surface area (Å²) in [6.07, 6.45) is 1.30. The first kappa shape index (κ1) is 12.3. The fourth-order valence-corrected chi connectivity index (χ4v) is 2.35. The molecule has 2 N–H and O–H groups in total. The summed E-state index contributed by atoms with van der Waals surface area (Å²) in [7, 11) is 0. The van der Waals surface area contributed by atoms with E-state index in [-0.39, 0.29) is 11.1 Å². The van der Waals surface area contributed by atoms with E-state index in [4.69, 9.17) is 9.63 Å². The highest BCUT2D eigenvalue weighted by Gasteiger charge is 2.19. The first-order valence-corrected chi connectivity index (χ1v) is 5.87. The normalized spacial score (nSPS) is 10.3. The largest absolute Gasteiger partial charge is 0.478 e. The van der Waals surface area contributed by atoms with Crippen LogP contribution in [0.3, 0.4) is 0 Å². The van der Waals surface area contributed by atoms with Gasteiger partial charge < -0.3 is 14.9 Å². The second-order valence-electron chi connectivity index (χ2n) is 3.65. The number of carboxylic acids is 1. The van der Waals surface area contributed by atoms with E-state index >= 15 is 0 Å². The number of anilines is 1. The number of aromatic nitrogens is 1. The van der Waals surface area contributed by atoms with E-state index in [9.17, 15) is 9.59 Å². The van der Waals surface area contributed by atoms with E-state index < -0.39 is 11.9 Å². The van der Waals surface area contributed by atoms with Crippen LogP contribution in [0.4, 0.5) is 5.00 Å². The lowest BCUT2D eigenvalue weighted by atomic mass is 10.2. The summed E-state index contributed by atoms with van der Waals surface area (Å²) in [5.41, 5.74) is 0.373. The van der Waals surface area contributed by atoms with Crippen LogP contribution >= 0.6 is 11.3 Å². The number of thiophene rings is 1. The second-order valence-corrected chi connectivity index (χ2v) is 4.91. The predicted molar refractivity (Wildman–Crippen MR) is 65.2 cm³/mol. The Bertz CT molecular complexity index is 614. The van der Waals surface area contributed by atoms with Crippen LogP contribution in [0.2, 0.25) is 0 Å². The van der Waals surface area contributed by atoms with Crippen LogP contribution in [0.25, 0.3) is 0 Å². The van der Waals surface area contributed by atoms with Gasteiger partial charge in [0, 0.05) is 4.88 Å². The average Bonchev–Trinajstić information content (AvgIpc) is 2.84. The highest BCUT2D eigenvalue weighted by Crippen LogP contribution is 2.28. The van der Waals surface area contributed by atoms with Gasteiger partial charge in [-0.25, -0.2) is 4.79 Å². The minimum atomic E-state index is -1.07. The summed E-state index contributed by atoms with van der Waals surface area (Å²) in [6, 6.07) is 1.52. The van der Waals surface area contributed by atoms with Crippen LogP contribution < -0.4 is 5.32 Å². The highest BCUT2D eigenvalue weighted by molar-refractivity contribution is 7.16. The predicted octanol–water partition coefficient (Wildman–Crippen LogP) is 2.30. The van der Waals surface area contributed by atoms with Crippen molar-refractivity contribution < 1.29 is 19.2 Å². The summed E-state index contributed by atoms with van der Waals surface area (Å²) >= 11 is 1.21. The molecule has 18 heavy (non-hydrogen) atoms. The third kappa shape index (κ3) is 2.25. The van der Waals surface area contributed by atoms with Gasteiger partial charge in [0.1, 0.15) is 16.3 Å². The van der Waals surface area contributed by atoms with E-state index in [0.717, 1.165) is 4.88 Å². The third-order valence-corrected chi connectivity index (χ3v) is 3.27. The Kier molecular flexibility index (Phi) is 3.15. The molecule has 0 aliphatic rings. The number of nitrogens with zero attached hydrogens (tertiary/aromatic N) is 1. The van der Waals surface area contributed by atoms with E-state index in [1.165, 1.54) is 23.6 Å².